The number of nitrogens with zero attached hydrogens (tertiary/aromatic N) is 2. The van der Waals surface area contributed by atoms with Crippen LogP contribution in [-0.4, -0.2) is 44.0 Å². The maximum atomic E-state index is 6.29. The van der Waals surface area contributed by atoms with Crippen molar-refractivity contribution in [3.63, 3.8) is 0 Å². The van der Waals surface area contributed by atoms with Gasteiger partial charge in [-0.2, -0.15) is 0 Å². The molecule has 4 nitrogen and oxygen atoms in total. The van der Waals surface area contributed by atoms with Crippen molar-refractivity contribution >= 4 is 28.1 Å². The molecule has 2 saturated heterocycles. The Morgan fingerprint density at radius 3 is 2.84 bits per heavy atom. The van der Waals surface area contributed by atoms with Gasteiger partial charge in [0.15, 0.2) is 5.13 Å². The predicted octanol–water partition coefficient (Wildman–Crippen LogP) is 4.49. The van der Waals surface area contributed by atoms with Crippen LogP contribution in [0.25, 0.3) is 11.3 Å². The fraction of sp³-hybridized carbons (Fsp3) is 0.526. The molecule has 1 aromatic heterocycles. The second kappa shape index (κ2) is 8.04. The van der Waals surface area contributed by atoms with Gasteiger partial charge in [-0.1, -0.05) is 29.8 Å². The van der Waals surface area contributed by atoms with Crippen molar-refractivity contribution in [1.29, 1.82) is 0 Å². The summed E-state index contributed by atoms with van der Waals surface area (Å²) in [5, 5.41) is 3.93. The van der Waals surface area contributed by atoms with Gasteiger partial charge in [0.25, 0.3) is 0 Å². The highest BCUT2D eigenvalue weighted by Gasteiger charge is 2.24. The van der Waals surface area contributed by atoms with Gasteiger partial charge in [0.05, 0.1) is 25.0 Å². The van der Waals surface area contributed by atoms with Crippen LogP contribution in [0.4, 0.5) is 5.13 Å². The number of thiazole rings is 1. The molecule has 0 amide bonds. The fourth-order valence-electron chi connectivity index (χ4n) is 3.40. The van der Waals surface area contributed by atoms with E-state index in [4.69, 9.17) is 26.1 Å². The van der Waals surface area contributed by atoms with Gasteiger partial charge in [0.1, 0.15) is 0 Å². The monoisotopic (exact) mass is 378 g/mol. The molecule has 6 heteroatoms. The molecule has 3 heterocycles. The van der Waals surface area contributed by atoms with Gasteiger partial charge in [-0.05, 0) is 25.3 Å². The molecule has 2 fully saturated rings. The first-order chi connectivity index (χ1) is 12.3. The van der Waals surface area contributed by atoms with Gasteiger partial charge < -0.3 is 14.4 Å². The number of aromatic nitrogens is 1. The molecular formula is C19H23ClN2O2S. The molecule has 1 unspecified atom stereocenters. The largest absolute Gasteiger partial charge is 0.381 e. The molecule has 0 spiro atoms. The van der Waals surface area contributed by atoms with Crippen molar-refractivity contribution in [2.24, 2.45) is 5.92 Å². The Kier molecular flexibility index (Phi) is 5.56. The average Bonchev–Trinajstić information content (AvgIpc) is 3.33. The minimum absolute atomic E-state index is 0.375. The Morgan fingerprint density at radius 1 is 1.24 bits per heavy atom. The molecule has 0 radical (unpaired) electrons. The standard InChI is InChI=1S/C19H23ClN2O2S/c20-17-4-2-1-3-16(17)18-13-25-19(21-18)22-8-5-15(6-9-22)24-12-14-7-10-23-11-14/h1-4,13-15H,5-12H2. The van der Waals surface area contributed by atoms with Crippen molar-refractivity contribution < 1.29 is 9.47 Å². The maximum Gasteiger partial charge on any atom is 0.185 e. The molecule has 4 rings (SSSR count). The molecule has 25 heavy (non-hydrogen) atoms. The van der Waals surface area contributed by atoms with Crippen molar-refractivity contribution in [3.05, 3.63) is 34.7 Å². The molecule has 2 aliphatic rings. The van der Waals surface area contributed by atoms with Crippen LogP contribution in [0.15, 0.2) is 29.6 Å². The highest BCUT2D eigenvalue weighted by molar-refractivity contribution is 7.14. The third kappa shape index (κ3) is 4.17. The summed E-state index contributed by atoms with van der Waals surface area (Å²) in [5.74, 6) is 0.593. The van der Waals surface area contributed by atoms with Crippen LogP contribution in [-0.2, 0) is 9.47 Å². The predicted molar refractivity (Wildman–Crippen MR) is 103 cm³/mol. The van der Waals surface area contributed by atoms with Crippen LogP contribution in [0, 0.1) is 5.92 Å². The van der Waals surface area contributed by atoms with Crippen molar-refractivity contribution in [3.8, 4) is 11.3 Å². The molecule has 0 aliphatic carbocycles. The molecule has 1 aromatic carbocycles. The van der Waals surface area contributed by atoms with Crippen LogP contribution < -0.4 is 4.90 Å². The third-order valence-corrected chi connectivity index (χ3v) is 6.18. The van der Waals surface area contributed by atoms with Crippen LogP contribution >= 0.6 is 22.9 Å². The quantitative estimate of drug-likeness (QED) is 0.768. The van der Waals surface area contributed by atoms with Gasteiger partial charge >= 0.3 is 0 Å². The van der Waals surface area contributed by atoms with E-state index in [0.717, 1.165) is 73.6 Å². The molecule has 2 aromatic rings. The number of benzene rings is 1. The second-order valence-corrected chi connectivity index (χ2v) is 7.99. The number of hydrogen-bond donors (Lipinski definition) is 0. The van der Waals surface area contributed by atoms with E-state index in [-0.39, 0.29) is 0 Å². The van der Waals surface area contributed by atoms with E-state index in [1.807, 2.05) is 24.3 Å². The fourth-order valence-corrected chi connectivity index (χ4v) is 4.51. The number of rotatable bonds is 5. The highest BCUT2D eigenvalue weighted by atomic mass is 35.5. The Hall–Kier alpha value is -1.14. The number of anilines is 1. The van der Waals surface area contributed by atoms with Gasteiger partial charge in [-0.15, -0.1) is 11.3 Å². The van der Waals surface area contributed by atoms with Crippen LogP contribution in [0.5, 0.6) is 0 Å². The van der Waals surface area contributed by atoms with E-state index in [2.05, 4.69) is 10.3 Å². The number of halogens is 1. The first-order valence-corrected chi connectivity index (χ1v) is 10.2. The second-order valence-electron chi connectivity index (χ2n) is 6.74. The van der Waals surface area contributed by atoms with Gasteiger partial charge in [-0.3, -0.25) is 0 Å². The molecule has 0 saturated carbocycles. The van der Waals surface area contributed by atoms with E-state index in [0.29, 0.717) is 12.0 Å². The first kappa shape index (κ1) is 17.3. The summed E-state index contributed by atoms with van der Waals surface area (Å²) in [4.78, 5) is 7.17. The molecular weight excluding hydrogens is 356 g/mol. The number of hydrogen-bond acceptors (Lipinski definition) is 5. The average molecular weight is 379 g/mol. The summed E-state index contributed by atoms with van der Waals surface area (Å²) < 4.78 is 11.5. The summed E-state index contributed by atoms with van der Waals surface area (Å²) in [5.41, 5.74) is 1.97. The highest BCUT2D eigenvalue weighted by Crippen LogP contribution is 2.33. The molecule has 134 valence electrons. The Balaban J connectivity index is 1.31. The molecule has 2 aliphatic heterocycles. The summed E-state index contributed by atoms with van der Waals surface area (Å²) in [6.45, 7) is 4.61. The van der Waals surface area contributed by atoms with Gasteiger partial charge in [0.2, 0.25) is 0 Å². The summed E-state index contributed by atoms with van der Waals surface area (Å²) >= 11 is 7.98. The smallest absolute Gasteiger partial charge is 0.185 e. The topological polar surface area (TPSA) is 34.6 Å². The Labute approximate surface area is 157 Å². The zero-order valence-corrected chi connectivity index (χ0v) is 15.8. The van der Waals surface area contributed by atoms with E-state index in [1.54, 1.807) is 11.3 Å². The van der Waals surface area contributed by atoms with Gasteiger partial charge in [0, 0.05) is 41.6 Å². The minimum atomic E-state index is 0.375. The zero-order valence-electron chi connectivity index (χ0n) is 14.2. The van der Waals surface area contributed by atoms with Crippen molar-refractivity contribution in [2.75, 3.05) is 37.8 Å². The SMILES string of the molecule is Clc1ccccc1-c1csc(N2CCC(OCC3CCOC3)CC2)n1. The van der Waals surface area contributed by atoms with Crippen LogP contribution in [0.3, 0.4) is 0 Å². The van der Waals surface area contributed by atoms with E-state index in [1.165, 1.54) is 0 Å². The third-order valence-electron chi connectivity index (χ3n) is 4.95. The molecule has 0 bridgehead atoms. The number of ether oxygens (including phenoxy) is 2. The van der Waals surface area contributed by atoms with Crippen LogP contribution in [0.2, 0.25) is 5.02 Å². The minimum Gasteiger partial charge on any atom is -0.381 e. The van der Waals surface area contributed by atoms with Crippen molar-refractivity contribution in [2.45, 2.75) is 25.4 Å². The Bertz CT molecular complexity index is 694. The molecule has 0 N–H and O–H groups in total. The van der Waals surface area contributed by atoms with Gasteiger partial charge in [-0.25, -0.2) is 4.98 Å². The Morgan fingerprint density at radius 2 is 2.08 bits per heavy atom. The molecule has 1 atom stereocenters. The lowest BCUT2D eigenvalue weighted by atomic mass is 10.1. The summed E-state index contributed by atoms with van der Waals surface area (Å²) in [7, 11) is 0. The normalized spacial score (nSPS) is 21.8. The lowest BCUT2D eigenvalue weighted by Gasteiger charge is -2.32. The summed E-state index contributed by atoms with van der Waals surface area (Å²) in [6, 6.07) is 7.88. The summed E-state index contributed by atoms with van der Waals surface area (Å²) in [6.07, 6.45) is 3.64. The zero-order chi connectivity index (χ0) is 17.1. The van der Waals surface area contributed by atoms with Crippen LogP contribution in [0.1, 0.15) is 19.3 Å². The van der Waals surface area contributed by atoms with E-state index < -0.39 is 0 Å². The van der Waals surface area contributed by atoms with E-state index >= 15 is 0 Å². The van der Waals surface area contributed by atoms with E-state index in [9.17, 15) is 0 Å². The maximum absolute atomic E-state index is 6.29. The number of piperidine rings is 1. The lowest BCUT2D eigenvalue weighted by Crippen LogP contribution is -2.37. The lowest BCUT2D eigenvalue weighted by molar-refractivity contribution is 0.0132. The van der Waals surface area contributed by atoms with Crippen molar-refractivity contribution in [1.82, 2.24) is 4.98 Å². The first-order valence-electron chi connectivity index (χ1n) is 8.94.